The molecule has 1 aliphatic rings. The highest BCUT2D eigenvalue weighted by Crippen LogP contribution is 2.46. The summed E-state index contributed by atoms with van der Waals surface area (Å²) in [5.41, 5.74) is 3.60. The van der Waals surface area contributed by atoms with Crippen LogP contribution in [0.5, 0.6) is 11.5 Å². The van der Waals surface area contributed by atoms with Crippen molar-refractivity contribution in [3.8, 4) is 11.5 Å². The first-order valence-corrected chi connectivity index (χ1v) is 10.9. The highest BCUT2D eigenvalue weighted by molar-refractivity contribution is 5.74. The molecule has 2 unspecified atom stereocenters. The molecule has 2 N–H and O–H groups in total. The van der Waals surface area contributed by atoms with Gasteiger partial charge in [-0.3, -0.25) is 0 Å². The average Bonchev–Trinajstić information content (AvgIpc) is 2.66. The standard InChI is InChI=1S/C24H38N2O3/c1-7-8-9-12-19-15-20(27)22(18-13-10-11-16(2)14-18)23(28)21(19)17(3)26(6)24(29)25(4)5/h14-15,17-18,27-28H,7-13H2,1-6H3. The SMILES string of the molecule is CCCCCc1cc(O)c(C2C=C(C)CCC2)c(O)c1C(C)N(C)C(=O)N(C)C. The van der Waals surface area contributed by atoms with Gasteiger partial charge in [-0.2, -0.15) is 0 Å². The van der Waals surface area contributed by atoms with Crippen molar-refractivity contribution in [3.05, 3.63) is 34.4 Å². The van der Waals surface area contributed by atoms with Crippen molar-refractivity contribution in [2.24, 2.45) is 0 Å². The summed E-state index contributed by atoms with van der Waals surface area (Å²) in [5, 5.41) is 22.2. The second-order valence-corrected chi connectivity index (χ2v) is 8.66. The van der Waals surface area contributed by atoms with E-state index in [0.717, 1.165) is 56.1 Å². The van der Waals surface area contributed by atoms with Crippen LogP contribution in [0.2, 0.25) is 0 Å². The zero-order valence-electron chi connectivity index (χ0n) is 19.0. The lowest BCUT2D eigenvalue weighted by Gasteiger charge is -2.32. The highest BCUT2D eigenvalue weighted by atomic mass is 16.3. The van der Waals surface area contributed by atoms with Gasteiger partial charge in [0.1, 0.15) is 11.5 Å². The molecular weight excluding hydrogens is 364 g/mol. The minimum atomic E-state index is -0.297. The summed E-state index contributed by atoms with van der Waals surface area (Å²) >= 11 is 0. The summed E-state index contributed by atoms with van der Waals surface area (Å²) in [6, 6.07) is 1.41. The molecule has 0 aromatic heterocycles. The first kappa shape index (κ1) is 23.1. The first-order chi connectivity index (χ1) is 13.7. The van der Waals surface area contributed by atoms with Gasteiger partial charge >= 0.3 is 6.03 Å². The van der Waals surface area contributed by atoms with Gasteiger partial charge in [-0.05, 0) is 57.6 Å². The van der Waals surface area contributed by atoms with Crippen molar-refractivity contribution >= 4 is 6.03 Å². The predicted octanol–water partition coefficient (Wildman–Crippen LogP) is 5.72. The summed E-state index contributed by atoms with van der Waals surface area (Å²) in [4.78, 5) is 15.7. The number of hydrogen-bond donors (Lipinski definition) is 2. The molecule has 5 nitrogen and oxygen atoms in total. The van der Waals surface area contributed by atoms with Gasteiger partial charge in [-0.25, -0.2) is 4.79 Å². The molecule has 162 valence electrons. The Bertz CT molecular complexity index is 755. The number of phenols is 2. The molecule has 0 radical (unpaired) electrons. The van der Waals surface area contributed by atoms with Crippen LogP contribution in [0.25, 0.3) is 0 Å². The van der Waals surface area contributed by atoms with Crippen LogP contribution >= 0.6 is 0 Å². The molecule has 0 fully saturated rings. The van der Waals surface area contributed by atoms with Gasteiger partial charge in [0.15, 0.2) is 0 Å². The van der Waals surface area contributed by atoms with Gasteiger partial charge in [0, 0.05) is 38.2 Å². The molecule has 0 spiro atoms. The van der Waals surface area contributed by atoms with Crippen molar-refractivity contribution < 1.29 is 15.0 Å². The van der Waals surface area contributed by atoms with E-state index in [4.69, 9.17) is 0 Å². The number of nitrogens with zero attached hydrogens (tertiary/aromatic N) is 2. The Morgan fingerprint density at radius 3 is 2.52 bits per heavy atom. The molecule has 5 heteroatoms. The van der Waals surface area contributed by atoms with Gasteiger partial charge in [-0.1, -0.05) is 31.4 Å². The number of unbranched alkanes of at least 4 members (excludes halogenated alkanes) is 2. The van der Waals surface area contributed by atoms with Gasteiger partial charge in [0.25, 0.3) is 0 Å². The third kappa shape index (κ3) is 5.26. The maximum absolute atomic E-state index is 12.5. The van der Waals surface area contributed by atoms with Crippen LogP contribution in [0.3, 0.4) is 0 Å². The van der Waals surface area contributed by atoms with Crippen LogP contribution in [0, 0.1) is 0 Å². The van der Waals surface area contributed by atoms with E-state index in [9.17, 15) is 15.0 Å². The van der Waals surface area contributed by atoms with Crippen molar-refractivity contribution in [2.75, 3.05) is 21.1 Å². The molecule has 0 heterocycles. The molecule has 2 atom stereocenters. The van der Waals surface area contributed by atoms with E-state index in [1.165, 1.54) is 5.57 Å². The number of hydrogen-bond acceptors (Lipinski definition) is 3. The molecular formula is C24H38N2O3. The summed E-state index contributed by atoms with van der Waals surface area (Å²) in [6.45, 7) is 6.21. The number of carbonyl (C=O) groups excluding carboxylic acids is 1. The summed E-state index contributed by atoms with van der Waals surface area (Å²) < 4.78 is 0. The van der Waals surface area contributed by atoms with Crippen molar-refractivity contribution in [3.63, 3.8) is 0 Å². The number of urea groups is 1. The molecule has 0 aliphatic heterocycles. The smallest absolute Gasteiger partial charge is 0.319 e. The predicted molar refractivity (Wildman–Crippen MR) is 119 cm³/mol. The fourth-order valence-corrected chi connectivity index (χ4v) is 4.36. The molecule has 29 heavy (non-hydrogen) atoms. The Morgan fingerprint density at radius 1 is 1.24 bits per heavy atom. The fraction of sp³-hybridized carbons (Fsp3) is 0.625. The second kappa shape index (κ2) is 10.0. The summed E-state index contributed by atoms with van der Waals surface area (Å²) in [5.74, 6) is 0.329. The first-order valence-electron chi connectivity index (χ1n) is 10.9. The summed E-state index contributed by atoms with van der Waals surface area (Å²) in [7, 11) is 5.22. The van der Waals surface area contributed by atoms with Gasteiger partial charge in [0.05, 0.1) is 6.04 Å². The van der Waals surface area contributed by atoms with Crippen LogP contribution in [-0.4, -0.2) is 47.2 Å². The van der Waals surface area contributed by atoms with E-state index >= 15 is 0 Å². The van der Waals surface area contributed by atoms with Crippen molar-refractivity contribution in [2.45, 2.75) is 77.7 Å². The number of aromatic hydroxyl groups is 2. The zero-order chi connectivity index (χ0) is 21.7. The van der Waals surface area contributed by atoms with E-state index in [0.29, 0.717) is 5.56 Å². The highest BCUT2D eigenvalue weighted by Gasteiger charge is 2.29. The average molecular weight is 403 g/mol. The monoisotopic (exact) mass is 402 g/mol. The van der Waals surface area contributed by atoms with E-state index in [1.54, 1.807) is 30.9 Å². The minimum absolute atomic E-state index is 0.00856. The van der Waals surface area contributed by atoms with E-state index in [2.05, 4.69) is 19.9 Å². The Labute approximate surface area is 176 Å². The molecule has 0 saturated carbocycles. The number of allylic oxidation sites excluding steroid dienone is 2. The molecule has 2 rings (SSSR count). The van der Waals surface area contributed by atoms with Crippen LogP contribution in [-0.2, 0) is 6.42 Å². The molecule has 0 saturated heterocycles. The maximum Gasteiger partial charge on any atom is 0.319 e. The lowest BCUT2D eigenvalue weighted by molar-refractivity contribution is 0.166. The summed E-state index contributed by atoms with van der Waals surface area (Å²) in [6.07, 6.45) is 9.15. The number of aryl methyl sites for hydroxylation is 1. The van der Waals surface area contributed by atoms with Gasteiger partial charge in [-0.15, -0.1) is 0 Å². The van der Waals surface area contributed by atoms with Crippen LogP contribution in [0.15, 0.2) is 17.7 Å². The largest absolute Gasteiger partial charge is 0.507 e. The van der Waals surface area contributed by atoms with E-state index in [1.807, 2.05) is 13.0 Å². The Hall–Kier alpha value is -2.17. The Balaban J connectivity index is 2.55. The third-order valence-corrected chi connectivity index (χ3v) is 6.12. The zero-order valence-corrected chi connectivity index (χ0v) is 19.0. The van der Waals surface area contributed by atoms with E-state index in [-0.39, 0.29) is 29.5 Å². The molecule has 0 bridgehead atoms. The lowest BCUT2D eigenvalue weighted by Crippen LogP contribution is -2.38. The number of benzene rings is 1. The topological polar surface area (TPSA) is 64.0 Å². The van der Waals surface area contributed by atoms with Crippen molar-refractivity contribution in [1.82, 2.24) is 9.80 Å². The number of rotatable bonds is 7. The Kier molecular flexibility index (Phi) is 8.00. The normalized spacial score (nSPS) is 17.6. The number of carbonyl (C=O) groups is 1. The molecule has 2 amide bonds. The minimum Gasteiger partial charge on any atom is -0.507 e. The van der Waals surface area contributed by atoms with Crippen LogP contribution in [0.1, 0.15) is 87.9 Å². The number of amides is 2. The third-order valence-electron chi connectivity index (χ3n) is 6.12. The van der Waals surface area contributed by atoms with Crippen molar-refractivity contribution in [1.29, 1.82) is 0 Å². The maximum atomic E-state index is 12.5. The second-order valence-electron chi connectivity index (χ2n) is 8.66. The Morgan fingerprint density at radius 2 is 1.93 bits per heavy atom. The molecule has 1 aromatic rings. The number of phenolic OH excluding ortho intramolecular Hbond substituents is 2. The van der Waals surface area contributed by atoms with Crippen LogP contribution in [0.4, 0.5) is 4.79 Å². The van der Waals surface area contributed by atoms with Gasteiger partial charge < -0.3 is 20.0 Å². The van der Waals surface area contributed by atoms with Gasteiger partial charge in [0.2, 0.25) is 0 Å². The molecule has 1 aliphatic carbocycles. The lowest BCUT2D eigenvalue weighted by atomic mass is 9.82. The molecule has 1 aromatic carbocycles. The fourth-order valence-electron chi connectivity index (χ4n) is 4.36. The van der Waals surface area contributed by atoms with E-state index < -0.39 is 0 Å². The quantitative estimate of drug-likeness (QED) is 0.453. The van der Waals surface area contributed by atoms with Crippen LogP contribution < -0.4 is 0 Å².